The van der Waals surface area contributed by atoms with Crippen LogP contribution < -0.4 is 9.47 Å². The first-order chi connectivity index (χ1) is 16.1. The number of rotatable bonds is 7. The van der Waals surface area contributed by atoms with Crippen LogP contribution >= 0.6 is 11.6 Å². The summed E-state index contributed by atoms with van der Waals surface area (Å²) < 4.78 is 50.2. The zero-order valence-electron chi connectivity index (χ0n) is 18.6. The summed E-state index contributed by atoms with van der Waals surface area (Å²) >= 11 is 6.11. The Hall–Kier alpha value is -3.19. The van der Waals surface area contributed by atoms with E-state index in [0.717, 1.165) is 23.3 Å². The molecule has 0 radical (unpaired) electrons. The predicted octanol–water partition coefficient (Wildman–Crippen LogP) is 6.92. The summed E-state index contributed by atoms with van der Waals surface area (Å²) in [7, 11) is 0. The summed E-state index contributed by atoms with van der Waals surface area (Å²) in [6, 6.07) is 16.5. The Kier molecular flexibility index (Phi) is 6.75. The molecule has 0 bridgehead atoms. The Morgan fingerprint density at radius 1 is 0.971 bits per heavy atom. The van der Waals surface area contributed by atoms with Gasteiger partial charge in [0, 0.05) is 17.1 Å². The summed E-state index contributed by atoms with van der Waals surface area (Å²) in [5.74, 6) is 0.823. The van der Waals surface area contributed by atoms with Crippen LogP contribution in [0.2, 0.25) is 5.02 Å². The normalized spacial score (nSPS) is 14.3. The Morgan fingerprint density at radius 3 is 2.24 bits per heavy atom. The predicted molar refractivity (Wildman–Crippen MR) is 123 cm³/mol. The number of halogens is 4. The van der Waals surface area contributed by atoms with Gasteiger partial charge in [-0.1, -0.05) is 23.7 Å². The maximum atomic E-state index is 13.2. The molecule has 0 spiro atoms. The highest BCUT2D eigenvalue weighted by atomic mass is 35.5. The van der Waals surface area contributed by atoms with Crippen molar-refractivity contribution in [2.75, 3.05) is 6.61 Å². The summed E-state index contributed by atoms with van der Waals surface area (Å²) in [6.07, 6.45) is -4.40. The zero-order valence-corrected chi connectivity index (χ0v) is 19.4. The maximum absolute atomic E-state index is 13.2. The van der Waals surface area contributed by atoms with Gasteiger partial charge in [0.2, 0.25) is 0 Å². The lowest BCUT2D eigenvalue weighted by molar-refractivity contribution is -0.137. The summed E-state index contributed by atoms with van der Waals surface area (Å²) in [5.41, 5.74) is 1.45. The van der Waals surface area contributed by atoms with E-state index in [9.17, 15) is 18.0 Å². The molecule has 8 heteroatoms. The number of benzene rings is 3. The van der Waals surface area contributed by atoms with Gasteiger partial charge < -0.3 is 14.4 Å². The fourth-order valence-corrected chi connectivity index (χ4v) is 4.08. The summed E-state index contributed by atoms with van der Waals surface area (Å²) in [4.78, 5) is 14.9. The van der Waals surface area contributed by atoms with E-state index < -0.39 is 17.8 Å². The molecular weight excluding hydrogens is 467 g/mol. The van der Waals surface area contributed by atoms with Crippen LogP contribution in [0.25, 0.3) is 0 Å². The first-order valence-corrected chi connectivity index (χ1v) is 11.2. The van der Waals surface area contributed by atoms with Crippen LogP contribution in [0.3, 0.4) is 0 Å². The fourth-order valence-electron chi connectivity index (χ4n) is 3.89. The molecule has 1 heterocycles. The molecule has 178 valence electrons. The van der Waals surface area contributed by atoms with E-state index in [1.54, 1.807) is 23.1 Å². The topological polar surface area (TPSA) is 38.8 Å². The molecule has 1 unspecified atom stereocenters. The van der Waals surface area contributed by atoms with Crippen molar-refractivity contribution in [1.29, 1.82) is 0 Å². The van der Waals surface area contributed by atoms with Gasteiger partial charge in [-0.3, -0.25) is 4.79 Å². The van der Waals surface area contributed by atoms with Crippen LogP contribution in [0.5, 0.6) is 11.5 Å². The van der Waals surface area contributed by atoms with Gasteiger partial charge in [-0.25, -0.2) is 0 Å². The van der Waals surface area contributed by atoms with Crippen molar-refractivity contribution < 1.29 is 27.4 Å². The van der Waals surface area contributed by atoms with Crippen LogP contribution in [0, 0.1) is 0 Å². The molecule has 4 rings (SSSR count). The highest BCUT2D eigenvalue weighted by molar-refractivity contribution is 6.30. The van der Waals surface area contributed by atoms with E-state index in [2.05, 4.69) is 0 Å². The molecule has 1 aliphatic heterocycles. The van der Waals surface area contributed by atoms with Gasteiger partial charge in [0.25, 0.3) is 5.91 Å². The van der Waals surface area contributed by atoms with Gasteiger partial charge >= 0.3 is 6.18 Å². The number of fused-ring (bicyclic) bond motifs is 1. The van der Waals surface area contributed by atoms with E-state index in [-0.39, 0.29) is 24.4 Å². The summed E-state index contributed by atoms with van der Waals surface area (Å²) in [5, 5.41) is 0.543. The molecule has 1 amide bonds. The number of alkyl halides is 3. The van der Waals surface area contributed by atoms with E-state index in [4.69, 9.17) is 21.1 Å². The van der Waals surface area contributed by atoms with E-state index >= 15 is 0 Å². The lowest BCUT2D eigenvalue weighted by Gasteiger charge is -2.28. The number of amides is 1. The van der Waals surface area contributed by atoms with Crippen LogP contribution in [0.4, 0.5) is 13.2 Å². The number of carbonyl (C=O) groups excluding carboxylic acids is 1. The van der Waals surface area contributed by atoms with Crippen LogP contribution in [0.1, 0.15) is 46.9 Å². The van der Waals surface area contributed by atoms with Crippen molar-refractivity contribution in [2.24, 2.45) is 0 Å². The van der Waals surface area contributed by atoms with Crippen molar-refractivity contribution in [3.63, 3.8) is 0 Å². The number of nitrogens with zero attached hydrogens (tertiary/aromatic N) is 1. The molecule has 3 aromatic carbocycles. The lowest BCUT2D eigenvalue weighted by Crippen LogP contribution is -2.33. The molecule has 0 fully saturated rings. The van der Waals surface area contributed by atoms with Gasteiger partial charge in [-0.05, 0) is 79.6 Å². The average Bonchev–Trinajstić information content (AvgIpc) is 3.09. The SMILES string of the molecule is CC(C)Oc1ccc(C(COc2ccc(C(F)(F)F)cc2)N2Cc3cc(Cl)ccc3C2=O)cc1. The van der Waals surface area contributed by atoms with Crippen molar-refractivity contribution in [1.82, 2.24) is 4.90 Å². The Bertz CT molecular complexity index is 1160. The third-order valence-corrected chi connectivity index (χ3v) is 5.74. The van der Waals surface area contributed by atoms with Crippen molar-refractivity contribution in [2.45, 2.75) is 38.7 Å². The molecule has 4 nitrogen and oxygen atoms in total. The molecular formula is C26H23ClF3NO3. The zero-order chi connectivity index (χ0) is 24.5. The highest BCUT2D eigenvalue weighted by Gasteiger charge is 2.34. The number of hydrogen-bond donors (Lipinski definition) is 0. The highest BCUT2D eigenvalue weighted by Crippen LogP contribution is 2.35. The van der Waals surface area contributed by atoms with Crippen molar-refractivity contribution in [3.05, 3.63) is 94.0 Å². The van der Waals surface area contributed by atoms with Gasteiger partial charge in [0.05, 0.1) is 17.7 Å². The first-order valence-electron chi connectivity index (χ1n) is 10.8. The van der Waals surface area contributed by atoms with Gasteiger partial charge in [-0.2, -0.15) is 13.2 Å². The molecule has 0 saturated carbocycles. The Morgan fingerprint density at radius 2 is 1.62 bits per heavy atom. The maximum Gasteiger partial charge on any atom is 0.416 e. The Balaban J connectivity index is 1.59. The summed E-state index contributed by atoms with van der Waals surface area (Å²) in [6.45, 7) is 4.27. The second-order valence-electron chi connectivity index (χ2n) is 8.32. The Labute approximate surface area is 200 Å². The smallest absolute Gasteiger partial charge is 0.416 e. The van der Waals surface area contributed by atoms with Crippen LogP contribution in [-0.4, -0.2) is 23.5 Å². The minimum atomic E-state index is -4.42. The van der Waals surface area contributed by atoms with Crippen LogP contribution in [0.15, 0.2) is 66.7 Å². The quantitative estimate of drug-likeness (QED) is 0.361. The monoisotopic (exact) mass is 489 g/mol. The first kappa shape index (κ1) is 24.0. The minimum absolute atomic E-state index is 0.0176. The number of carbonyl (C=O) groups is 1. The second-order valence-corrected chi connectivity index (χ2v) is 8.76. The number of hydrogen-bond acceptors (Lipinski definition) is 3. The van der Waals surface area contributed by atoms with E-state index in [1.165, 1.54) is 12.1 Å². The second kappa shape index (κ2) is 9.58. The number of ether oxygens (including phenoxy) is 2. The minimum Gasteiger partial charge on any atom is -0.491 e. The van der Waals surface area contributed by atoms with Crippen LogP contribution in [-0.2, 0) is 12.7 Å². The van der Waals surface area contributed by atoms with Gasteiger partial charge in [-0.15, -0.1) is 0 Å². The average molecular weight is 490 g/mol. The van der Waals surface area contributed by atoms with Gasteiger partial charge in [0.1, 0.15) is 18.1 Å². The van der Waals surface area contributed by atoms with Crippen molar-refractivity contribution >= 4 is 17.5 Å². The molecule has 0 aromatic heterocycles. The molecule has 1 atom stereocenters. The van der Waals surface area contributed by atoms with E-state index in [0.29, 0.717) is 22.9 Å². The van der Waals surface area contributed by atoms with Crippen molar-refractivity contribution in [3.8, 4) is 11.5 Å². The van der Waals surface area contributed by atoms with Gasteiger partial charge in [0.15, 0.2) is 0 Å². The third-order valence-electron chi connectivity index (χ3n) is 5.50. The standard InChI is InChI=1S/C26H23ClF3NO3/c1-16(2)34-22-8-3-17(4-9-22)24(15-33-21-10-5-19(6-11-21)26(28,29)30)31-14-18-13-20(27)7-12-23(18)25(31)32/h3-13,16,24H,14-15H2,1-2H3. The third kappa shape index (κ3) is 5.30. The molecule has 3 aromatic rings. The molecule has 0 N–H and O–H groups in total. The fraction of sp³-hybridized carbons (Fsp3) is 0.269. The lowest BCUT2D eigenvalue weighted by atomic mass is 10.1. The molecule has 0 saturated heterocycles. The molecule has 1 aliphatic rings. The molecule has 34 heavy (non-hydrogen) atoms. The molecule has 0 aliphatic carbocycles. The largest absolute Gasteiger partial charge is 0.491 e. The van der Waals surface area contributed by atoms with E-state index in [1.807, 2.05) is 38.1 Å².